The van der Waals surface area contributed by atoms with E-state index in [0.717, 1.165) is 19.4 Å². The minimum Gasteiger partial charge on any atom is -0.310 e. The van der Waals surface area contributed by atoms with Gasteiger partial charge in [-0.2, -0.15) is 21.5 Å². The van der Waals surface area contributed by atoms with Gasteiger partial charge in [0.05, 0.1) is 6.20 Å². The van der Waals surface area contributed by atoms with Crippen LogP contribution in [0.15, 0.2) is 35.3 Å². The summed E-state index contributed by atoms with van der Waals surface area (Å²) in [5, 5.41) is 15.7. The predicted molar refractivity (Wildman–Crippen MR) is 71.1 cm³/mol. The van der Waals surface area contributed by atoms with Crippen LogP contribution >= 0.6 is 11.3 Å². The first-order valence-electron chi connectivity index (χ1n) is 5.91. The van der Waals surface area contributed by atoms with Crippen LogP contribution in [0.1, 0.15) is 30.5 Å². The summed E-state index contributed by atoms with van der Waals surface area (Å²) in [7, 11) is 0. The molecule has 2 aromatic heterocycles. The van der Waals surface area contributed by atoms with E-state index in [0.29, 0.717) is 6.04 Å². The summed E-state index contributed by atoms with van der Waals surface area (Å²) in [6.07, 6.45) is 5.75. The summed E-state index contributed by atoms with van der Waals surface area (Å²) < 4.78 is 0. The lowest BCUT2D eigenvalue weighted by Gasteiger charge is -2.17. The molecular formula is C13H17N3S. The zero-order valence-electron chi connectivity index (χ0n) is 9.97. The Morgan fingerprint density at radius 1 is 1.35 bits per heavy atom. The summed E-state index contributed by atoms with van der Waals surface area (Å²) in [6, 6.07) is 4.55. The fraction of sp³-hybridized carbons (Fsp3) is 0.385. The second-order valence-corrected chi connectivity index (χ2v) is 4.80. The summed E-state index contributed by atoms with van der Waals surface area (Å²) in [6.45, 7) is 3.20. The van der Waals surface area contributed by atoms with Crippen LogP contribution in [0.2, 0.25) is 0 Å². The summed E-state index contributed by atoms with van der Waals surface area (Å²) in [5.74, 6) is 0. The topological polar surface area (TPSA) is 37.8 Å². The second-order valence-electron chi connectivity index (χ2n) is 4.02. The first-order valence-corrected chi connectivity index (χ1v) is 6.85. The van der Waals surface area contributed by atoms with Gasteiger partial charge >= 0.3 is 0 Å². The van der Waals surface area contributed by atoms with Gasteiger partial charge in [0.25, 0.3) is 0 Å². The van der Waals surface area contributed by atoms with E-state index < -0.39 is 0 Å². The molecule has 0 amide bonds. The highest BCUT2D eigenvalue weighted by Gasteiger charge is 2.11. The van der Waals surface area contributed by atoms with E-state index in [1.54, 1.807) is 17.5 Å². The molecule has 0 saturated carbocycles. The Labute approximate surface area is 106 Å². The maximum atomic E-state index is 3.96. The van der Waals surface area contributed by atoms with Gasteiger partial charge in [-0.25, -0.2) is 0 Å². The smallest absolute Gasteiger partial charge is 0.0544 e. The van der Waals surface area contributed by atoms with Crippen LogP contribution in [-0.2, 0) is 6.42 Å². The highest BCUT2D eigenvalue weighted by atomic mass is 32.1. The molecule has 0 aliphatic heterocycles. The molecule has 1 atom stereocenters. The van der Waals surface area contributed by atoms with Crippen LogP contribution in [-0.4, -0.2) is 16.7 Å². The highest BCUT2D eigenvalue weighted by Crippen LogP contribution is 2.18. The summed E-state index contributed by atoms with van der Waals surface area (Å²) in [5.41, 5.74) is 2.58. The molecule has 0 aliphatic carbocycles. The molecule has 0 bridgehead atoms. The van der Waals surface area contributed by atoms with E-state index in [1.165, 1.54) is 11.1 Å². The quantitative estimate of drug-likeness (QED) is 0.853. The Morgan fingerprint density at radius 2 is 2.29 bits per heavy atom. The number of thiophene rings is 1. The van der Waals surface area contributed by atoms with Crippen molar-refractivity contribution in [2.24, 2.45) is 0 Å². The van der Waals surface area contributed by atoms with Crippen LogP contribution in [0.4, 0.5) is 0 Å². The van der Waals surface area contributed by atoms with Crippen molar-refractivity contribution in [2.45, 2.75) is 25.8 Å². The minimum absolute atomic E-state index is 0.333. The van der Waals surface area contributed by atoms with Gasteiger partial charge in [-0.1, -0.05) is 6.92 Å². The SMILES string of the molecule is CCCNC(Cc1ccsc1)c1ccnnc1. The first kappa shape index (κ1) is 12.2. The van der Waals surface area contributed by atoms with Crippen LogP contribution in [0.25, 0.3) is 0 Å². The van der Waals surface area contributed by atoms with Crippen molar-refractivity contribution in [3.63, 3.8) is 0 Å². The number of hydrogen-bond donors (Lipinski definition) is 1. The Morgan fingerprint density at radius 3 is 2.94 bits per heavy atom. The van der Waals surface area contributed by atoms with Crippen molar-refractivity contribution in [3.8, 4) is 0 Å². The van der Waals surface area contributed by atoms with Crippen molar-refractivity contribution in [3.05, 3.63) is 46.4 Å². The van der Waals surface area contributed by atoms with E-state index in [2.05, 4.69) is 39.3 Å². The normalized spacial score (nSPS) is 12.5. The van der Waals surface area contributed by atoms with Crippen LogP contribution in [0, 0.1) is 0 Å². The molecule has 1 N–H and O–H groups in total. The number of nitrogens with zero attached hydrogens (tertiary/aromatic N) is 2. The van der Waals surface area contributed by atoms with E-state index in [-0.39, 0.29) is 0 Å². The number of nitrogens with one attached hydrogen (secondary N) is 1. The molecule has 0 saturated heterocycles. The molecule has 0 radical (unpaired) electrons. The van der Waals surface area contributed by atoms with Gasteiger partial charge in [-0.05, 0) is 53.4 Å². The van der Waals surface area contributed by atoms with Crippen LogP contribution in [0.5, 0.6) is 0 Å². The molecular weight excluding hydrogens is 230 g/mol. The largest absolute Gasteiger partial charge is 0.310 e. The van der Waals surface area contributed by atoms with Gasteiger partial charge in [0.15, 0.2) is 0 Å². The standard InChI is InChI=1S/C13H17N3S/c1-2-5-14-13(8-11-4-7-17-10-11)12-3-6-15-16-9-12/h3-4,6-7,9-10,13-14H,2,5,8H2,1H3. The van der Waals surface area contributed by atoms with Gasteiger partial charge < -0.3 is 5.32 Å². The second kappa shape index (κ2) is 6.47. The van der Waals surface area contributed by atoms with Crippen molar-refractivity contribution in [1.29, 1.82) is 0 Å². The van der Waals surface area contributed by atoms with Gasteiger partial charge in [-0.15, -0.1) is 0 Å². The van der Waals surface area contributed by atoms with Crippen LogP contribution in [0.3, 0.4) is 0 Å². The maximum Gasteiger partial charge on any atom is 0.0544 e. The number of hydrogen-bond acceptors (Lipinski definition) is 4. The summed E-state index contributed by atoms with van der Waals surface area (Å²) >= 11 is 1.74. The predicted octanol–water partition coefficient (Wildman–Crippen LogP) is 2.82. The molecule has 0 aromatic carbocycles. The Hall–Kier alpha value is -1.26. The molecule has 90 valence electrons. The van der Waals surface area contributed by atoms with Crippen molar-refractivity contribution in [2.75, 3.05) is 6.54 Å². The molecule has 1 unspecified atom stereocenters. The zero-order valence-corrected chi connectivity index (χ0v) is 10.8. The highest BCUT2D eigenvalue weighted by molar-refractivity contribution is 7.07. The van der Waals surface area contributed by atoms with Gasteiger partial charge in [0, 0.05) is 12.2 Å². The molecule has 0 aliphatic rings. The third kappa shape index (κ3) is 3.61. The van der Waals surface area contributed by atoms with Crippen LogP contribution < -0.4 is 5.32 Å². The van der Waals surface area contributed by atoms with E-state index in [1.807, 2.05) is 12.3 Å². The molecule has 17 heavy (non-hydrogen) atoms. The Bertz CT molecular complexity index is 413. The van der Waals surface area contributed by atoms with Crippen molar-refractivity contribution >= 4 is 11.3 Å². The summed E-state index contributed by atoms with van der Waals surface area (Å²) in [4.78, 5) is 0. The lowest BCUT2D eigenvalue weighted by Crippen LogP contribution is -2.24. The first-order chi connectivity index (χ1) is 8.40. The third-order valence-electron chi connectivity index (χ3n) is 2.67. The minimum atomic E-state index is 0.333. The molecule has 0 fully saturated rings. The van der Waals surface area contributed by atoms with Gasteiger partial charge in [0.2, 0.25) is 0 Å². The molecule has 2 aromatic rings. The van der Waals surface area contributed by atoms with Gasteiger partial charge in [0.1, 0.15) is 0 Å². The fourth-order valence-electron chi connectivity index (χ4n) is 1.78. The maximum absolute atomic E-state index is 3.96. The molecule has 2 heterocycles. The number of aromatic nitrogens is 2. The lowest BCUT2D eigenvalue weighted by atomic mass is 10.0. The Balaban J connectivity index is 2.08. The van der Waals surface area contributed by atoms with Crippen molar-refractivity contribution in [1.82, 2.24) is 15.5 Å². The van der Waals surface area contributed by atoms with Gasteiger partial charge in [-0.3, -0.25) is 0 Å². The van der Waals surface area contributed by atoms with Crippen molar-refractivity contribution < 1.29 is 0 Å². The zero-order chi connectivity index (χ0) is 11.9. The molecule has 0 spiro atoms. The third-order valence-corrected chi connectivity index (χ3v) is 3.40. The van der Waals surface area contributed by atoms with E-state index in [4.69, 9.17) is 0 Å². The monoisotopic (exact) mass is 247 g/mol. The molecule has 4 heteroatoms. The number of rotatable bonds is 6. The molecule has 2 rings (SSSR count). The average Bonchev–Trinajstić information content (AvgIpc) is 2.88. The fourth-order valence-corrected chi connectivity index (χ4v) is 2.46. The van der Waals surface area contributed by atoms with E-state index >= 15 is 0 Å². The molecule has 3 nitrogen and oxygen atoms in total. The van der Waals surface area contributed by atoms with E-state index in [9.17, 15) is 0 Å². The average molecular weight is 247 g/mol. The Kier molecular flexibility index (Phi) is 4.64. The lowest BCUT2D eigenvalue weighted by molar-refractivity contribution is 0.527.